The Labute approximate surface area is 213 Å². The first-order valence-electron chi connectivity index (χ1n) is 12.1. The van der Waals surface area contributed by atoms with Crippen LogP contribution in [0.2, 0.25) is 5.02 Å². The topological polar surface area (TPSA) is 40.2 Å². The van der Waals surface area contributed by atoms with E-state index in [1.807, 2.05) is 12.1 Å². The molecule has 1 fully saturated rings. The van der Waals surface area contributed by atoms with Crippen molar-refractivity contribution in [2.24, 2.45) is 0 Å². The SMILES string of the molecule is CCN1CCCc2cc(CN(CCN3CCOCC3)C(=S)Nc3ccc(Cl)cc3OC)ccc21. The van der Waals surface area contributed by atoms with Gasteiger partial charge in [-0.25, -0.2) is 0 Å². The number of fused-ring (bicyclic) bond motifs is 1. The van der Waals surface area contributed by atoms with Crippen LogP contribution in [-0.2, 0) is 17.7 Å². The van der Waals surface area contributed by atoms with Crippen molar-refractivity contribution in [3.63, 3.8) is 0 Å². The molecule has 1 N–H and O–H groups in total. The number of anilines is 2. The van der Waals surface area contributed by atoms with Gasteiger partial charge in [0.15, 0.2) is 5.11 Å². The number of thiocarbonyl (C=S) groups is 1. The Balaban J connectivity index is 1.51. The Morgan fingerprint density at radius 3 is 2.76 bits per heavy atom. The van der Waals surface area contributed by atoms with E-state index in [-0.39, 0.29) is 0 Å². The highest BCUT2D eigenvalue weighted by Gasteiger charge is 2.19. The van der Waals surface area contributed by atoms with E-state index in [0.717, 1.165) is 71.1 Å². The van der Waals surface area contributed by atoms with Crippen molar-refractivity contribution in [2.75, 3.05) is 69.8 Å². The lowest BCUT2D eigenvalue weighted by Crippen LogP contribution is -2.44. The highest BCUT2D eigenvalue weighted by atomic mass is 35.5. The highest BCUT2D eigenvalue weighted by Crippen LogP contribution is 2.30. The summed E-state index contributed by atoms with van der Waals surface area (Å²) >= 11 is 12.0. The van der Waals surface area contributed by atoms with E-state index in [0.29, 0.717) is 15.9 Å². The maximum absolute atomic E-state index is 6.15. The molecule has 184 valence electrons. The van der Waals surface area contributed by atoms with Crippen molar-refractivity contribution in [3.05, 3.63) is 52.5 Å². The third-order valence-electron chi connectivity index (χ3n) is 6.60. The Bertz CT molecular complexity index is 983. The number of hydrogen-bond donors (Lipinski definition) is 1. The minimum atomic E-state index is 0.632. The van der Waals surface area contributed by atoms with E-state index < -0.39 is 0 Å². The van der Waals surface area contributed by atoms with Gasteiger partial charge in [-0.1, -0.05) is 23.7 Å². The van der Waals surface area contributed by atoms with E-state index in [2.05, 4.69) is 45.1 Å². The van der Waals surface area contributed by atoms with Crippen molar-refractivity contribution in [2.45, 2.75) is 26.3 Å². The highest BCUT2D eigenvalue weighted by molar-refractivity contribution is 7.80. The van der Waals surface area contributed by atoms with Crippen molar-refractivity contribution in [1.29, 1.82) is 0 Å². The molecule has 2 aliphatic heterocycles. The average molecular weight is 503 g/mol. The molecule has 0 atom stereocenters. The normalized spacial score (nSPS) is 16.1. The molecule has 0 saturated carbocycles. The zero-order valence-corrected chi connectivity index (χ0v) is 21.8. The smallest absolute Gasteiger partial charge is 0.173 e. The summed E-state index contributed by atoms with van der Waals surface area (Å²) in [5.74, 6) is 0.677. The van der Waals surface area contributed by atoms with E-state index in [1.54, 1.807) is 13.2 Å². The van der Waals surface area contributed by atoms with Crippen LogP contribution in [0.3, 0.4) is 0 Å². The molecule has 0 spiro atoms. The van der Waals surface area contributed by atoms with Crippen LogP contribution < -0.4 is 15.0 Å². The Morgan fingerprint density at radius 1 is 1.18 bits per heavy atom. The summed E-state index contributed by atoms with van der Waals surface area (Å²) in [6.45, 7) is 10.5. The van der Waals surface area contributed by atoms with Crippen LogP contribution in [0.4, 0.5) is 11.4 Å². The average Bonchev–Trinajstić information content (AvgIpc) is 2.87. The Hall–Kier alpha value is -2.06. The van der Waals surface area contributed by atoms with Crippen LogP contribution in [0.1, 0.15) is 24.5 Å². The quantitative estimate of drug-likeness (QED) is 0.527. The number of ether oxygens (including phenoxy) is 2. The summed E-state index contributed by atoms with van der Waals surface area (Å²) in [7, 11) is 1.64. The number of nitrogens with zero attached hydrogens (tertiary/aromatic N) is 3. The van der Waals surface area contributed by atoms with Gasteiger partial charge in [0.1, 0.15) is 5.75 Å². The van der Waals surface area contributed by atoms with E-state index in [1.165, 1.54) is 23.2 Å². The third-order valence-corrected chi connectivity index (χ3v) is 7.19. The third kappa shape index (κ3) is 6.33. The largest absolute Gasteiger partial charge is 0.495 e. The second-order valence-electron chi connectivity index (χ2n) is 8.80. The number of rotatable bonds is 8. The predicted octanol–water partition coefficient (Wildman–Crippen LogP) is 4.65. The second kappa shape index (κ2) is 12.1. The number of aryl methyl sites for hydroxylation is 1. The van der Waals surface area contributed by atoms with Crippen LogP contribution >= 0.6 is 23.8 Å². The van der Waals surface area contributed by atoms with Gasteiger partial charge in [0.05, 0.1) is 26.0 Å². The second-order valence-corrected chi connectivity index (χ2v) is 9.62. The molecule has 2 heterocycles. The van der Waals surface area contributed by atoms with Gasteiger partial charge in [-0.05, 0) is 61.3 Å². The van der Waals surface area contributed by atoms with Crippen molar-refractivity contribution >= 4 is 40.3 Å². The number of hydrogen-bond acceptors (Lipinski definition) is 5. The molecule has 0 aliphatic carbocycles. The lowest BCUT2D eigenvalue weighted by Gasteiger charge is -2.33. The molecule has 0 unspecified atom stereocenters. The van der Waals surface area contributed by atoms with Gasteiger partial charge >= 0.3 is 0 Å². The maximum atomic E-state index is 6.15. The lowest BCUT2D eigenvalue weighted by atomic mass is 9.99. The van der Waals surface area contributed by atoms with E-state index >= 15 is 0 Å². The predicted molar refractivity (Wildman–Crippen MR) is 145 cm³/mol. The zero-order valence-electron chi connectivity index (χ0n) is 20.2. The summed E-state index contributed by atoms with van der Waals surface area (Å²) in [5, 5.41) is 4.71. The van der Waals surface area contributed by atoms with Crippen molar-refractivity contribution in [3.8, 4) is 5.75 Å². The van der Waals surface area contributed by atoms with Crippen LogP contribution in [0.15, 0.2) is 36.4 Å². The molecule has 6 nitrogen and oxygen atoms in total. The number of nitrogens with one attached hydrogen (secondary N) is 1. The molecule has 0 bridgehead atoms. The molecule has 0 aromatic heterocycles. The van der Waals surface area contributed by atoms with Gasteiger partial charge in [-0.3, -0.25) is 4.90 Å². The van der Waals surface area contributed by atoms with Gasteiger partial charge in [-0.15, -0.1) is 0 Å². The summed E-state index contributed by atoms with van der Waals surface area (Å²) < 4.78 is 11.0. The molecular weight excluding hydrogens is 468 g/mol. The van der Waals surface area contributed by atoms with Crippen molar-refractivity contribution in [1.82, 2.24) is 9.80 Å². The summed E-state index contributed by atoms with van der Waals surface area (Å²) in [4.78, 5) is 7.16. The molecule has 4 rings (SSSR count). The first-order valence-corrected chi connectivity index (χ1v) is 12.9. The molecule has 1 saturated heterocycles. The summed E-state index contributed by atoms with van der Waals surface area (Å²) in [6, 6.07) is 12.5. The summed E-state index contributed by atoms with van der Waals surface area (Å²) in [5.41, 5.74) is 4.92. The standard InChI is InChI=1S/C26H35ClN4O2S/c1-3-30-10-4-5-21-17-20(6-9-24(21)30)19-31(12-11-29-13-15-33-16-14-29)26(34)28-23-8-7-22(27)18-25(23)32-2/h6-9,17-18H,3-5,10-16,19H2,1-2H3,(H,28,34). The number of benzene rings is 2. The van der Waals surface area contributed by atoms with Gasteiger partial charge in [-0.2, -0.15) is 0 Å². The Kier molecular flexibility index (Phi) is 8.89. The molecule has 0 radical (unpaired) electrons. The molecule has 8 heteroatoms. The van der Waals surface area contributed by atoms with E-state index in [4.69, 9.17) is 33.3 Å². The Morgan fingerprint density at radius 2 is 2.00 bits per heavy atom. The van der Waals surface area contributed by atoms with Crippen LogP contribution in [0.5, 0.6) is 5.75 Å². The molecular formula is C26H35ClN4O2S. The number of halogens is 1. The lowest BCUT2D eigenvalue weighted by molar-refractivity contribution is 0.0358. The van der Waals surface area contributed by atoms with Gasteiger partial charge in [0, 0.05) is 62.6 Å². The minimum Gasteiger partial charge on any atom is -0.495 e. The number of morpholine rings is 1. The molecule has 0 amide bonds. The van der Waals surface area contributed by atoms with Gasteiger partial charge in [0.25, 0.3) is 0 Å². The number of methoxy groups -OCH3 is 1. The fraction of sp³-hybridized carbons (Fsp3) is 0.500. The van der Waals surface area contributed by atoms with Crippen LogP contribution in [0.25, 0.3) is 0 Å². The first kappa shape index (κ1) is 25.0. The zero-order chi connectivity index (χ0) is 23.9. The molecule has 2 aliphatic rings. The minimum absolute atomic E-state index is 0.632. The van der Waals surface area contributed by atoms with Crippen LogP contribution in [0, 0.1) is 0 Å². The van der Waals surface area contributed by atoms with Gasteiger partial charge in [0.2, 0.25) is 0 Å². The fourth-order valence-electron chi connectivity index (χ4n) is 4.68. The van der Waals surface area contributed by atoms with E-state index in [9.17, 15) is 0 Å². The first-order chi connectivity index (χ1) is 16.6. The molecule has 34 heavy (non-hydrogen) atoms. The molecule has 2 aromatic carbocycles. The fourth-order valence-corrected chi connectivity index (χ4v) is 5.11. The van der Waals surface area contributed by atoms with Gasteiger partial charge < -0.3 is 24.6 Å². The maximum Gasteiger partial charge on any atom is 0.173 e. The van der Waals surface area contributed by atoms with Crippen molar-refractivity contribution < 1.29 is 9.47 Å². The summed E-state index contributed by atoms with van der Waals surface area (Å²) in [6.07, 6.45) is 2.35. The molecule has 2 aromatic rings. The van der Waals surface area contributed by atoms with Crippen LogP contribution in [-0.4, -0.2) is 74.5 Å². The monoisotopic (exact) mass is 502 g/mol.